The molecular formula is C20H24BrFN2O5S. The van der Waals surface area contributed by atoms with E-state index >= 15 is 0 Å². The second-order valence-corrected chi connectivity index (χ2v) is 10.8. The number of hydrogen-bond acceptors (Lipinski definition) is 5. The van der Waals surface area contributed by atoms with E-state index in [0.717, 1.165) is 0 Å². The Morgan fingerprint density at radius 2 is 2.03 bits per heavy atom. The lowest BCUT2D eigenvalue weighted by molar-refractivity contribution is 0.0858. The first-order valence-electron chi connectivity index (χ1n) is 9.44. The van der Waals surface area contributed by atoms with Crippen LogP contribution in [-0.2, 0) is 23.5 Å². The number of rotatable bonds is 8. The number of pyridine rings is 1. The predicted octanol–water partition coefficient (Wildman–Crippen LogP) is 2.20. The molecule has 1 aromatic heterocycles. The number of anilines is 1. The van der Waals surface area contributed by atoms with E-state index in [0.29, 0.717) is 34.0 Å². The molecule has 3 rings (SSSR count). The summed E-state index contributed by atoms with van der Waals surface area (Å²) in [5.41, 5.74) is 0.928. The highest BCUT2D eigenvalue weighted by atomic mass is 79.9. The Labute approximate surface area is 182 Å². The maximum atomic E-state index is 14.4. The Hall–Kier alpha value is -1.75. The first kappa shape index (κ1) is 22.9. The van der Waals surface area contributed by atoms with E-state index in [2.05, 4.69) is 20.7 Å². The Kier molecular flexibility index (Phi) is 6.43. The minimum Gasteiger partial charge on any atom is -0.394 e. The molecule has 2 aromatic rings. The fourth-order valence-electron chi connectivity index (χ4n) is 3.57. The predicted molar refractivity (Wildman–Crippen MR) is 116 cm³/mol. The van der Waals surface area contributed by atoms with Gasteiger partial charge in [-0.15, -0.1) is 0 Å². The number of sulfonamides is 1. The van der Waals surface area contributed by atoms with Crippen LogP contribution < -0.4 is 10.3 Å². The number of aromatic nitrogens is 1. The highest BCUT2D eigenvalue weighted by molar-refractivity contribution is 9.10. The van der Waals surface area contributed by atoms with Crippen LogP contribution in [0.1, 0.15) is 36.0 Å². The molecule has 0 spiro atoms. The summed E-state index contributed by atoms with van der Waals surface area (Å²) in [5.74, 6) is -0.469. The number of aryl methyl sites for hydroxylation is 1. The van der Waals surface area contributed by atoms with E-state index in [1.54, 1.807) is 19.1 Å². The van der Waals surface area contributed by atoms with Gasteiger partial charge in [-0.05, 0) is 49.4 Å². The van der Waals surface area contributed by atoms with Crippen molar-refractivity contribution in [3.05, 3.63) is 61.7 Å². The van der Waals surface area contributed by atoms with Crippen molar-refractivity contribution in [3.63, 3.8) is 0 Å². The second-order valence-electron chi connectivity index (χ2n) is 7.80. The first-order chi connectivity index (χ1) is 14.0. The SMILES string of the molecule is Cc1c(Cc2ccc(Br)cc2F)c(NS(=O)(=O)C2(CC(O)CO)CC2)cn(C)c1=O. The molecule has 1 heterocycles. The summed E-state index contributed by atoms with van der Waals surface area (Å²) in [5, 5.41) is 18.9. The average Bonchev–Trinajstić information content (AvgIpc) is 3.45. The van der Waals surface area contributed by atoms with E-state index in [-0.39, 0.29) is 24.1 Å². The lowest BCUT2D eigenvalue weighted by Crippen LogP contribution is -2.35. The van der Waals surface area contributed by atoms with Gasteiger partial charge in [-0.1, -0.05) is 22.0 Å². The maximum Gasteiger partial charge on any atom is 0.253 e. The van der Waals surface area contributed by atoms with Crippen LogP contribution in [0.15, 0.2) is 33.7 Å². The first-order valence-corrected chi connectivity index (χ1v) is 11.7. The van der Waals surface area contributed by atoms with E-state index in [1.165, 1.54) is 23.9 Å². The molecule has 7 nitrogen and oxygen atoms in total. The lowest BCUT2D eigenvalue weighted by atomic mass is 10.00. The minimum atomic E-state index is -3.92. The van der Waals surface area contributed by atoms with Crippen molar-refractivity contribution in [3.8, 4) is 0 Å². The highest BCUT2D eigenvalue weighted by Crippen LogP contribution is 2.48. The Balaban J connectivity index is 2.01. The summed E-state index contributed by atoms with van der Waals surface area (Å²) < 4.78 is 43.8. The Morgan fingerprint density at radius 1 is 1.37 bits per heavy atom. The number of nitrogens with zero attached hydrogens (tertiary/aromatic N) is 1. The van der Waals surface area contributed by atoms with Crippen LogP contribution in [0.3, 0.4) is 0 Å². The summed E-state index contributed by atoms with van der Waals surface area (Å²) in [6.07, 6.45) is 0.923. The molecule has 10 heteroatoms. The number of halogens is 2. The largest absolute Gasteiger partial charge is 0.394 e. The molecule has 0 saturated heterocycles. The molecule has 30 heavy (non-hydrogen) atoms. The van der Waals surface area contributed by atoms with Gasteiger partial charge >= 0.3 is 0 Å². The van der Waals surface area contributed by atoms with Crippen LogP contribution in [0.4, 0.5) is 10.1 Å². The van der Waals surface area contributed by atoms with Crippen molar-refractivity contribution in [1.82, 2.24) is 4.57 Å². The lowest BCUT2D eigenvalue weighted by Gasteiger charge is -2.22. The Bertz CT molecular complexity index is 1130. The fourth-order valence-corrected chi connectivity index (χ4v) is 5.63. The fraction of sp³-hybridized carbons (Fsp3) is 0.450. The van der Waals surface area contributed by atoms with Gasteiger partial charge in [0, 0.05) is 29.7 Å². The van der Waals surface area contributed by atoms with Gasteiger partial charge < -0.3 is 14.8 Å². The van der Waals surface area contributed by atoms with Crippen LogP contribution in [0.5, 0.6) is 0 Å². The smallest absolute Gasteiger partial charge is 0.253 e. The zero-order valence-corrected chi connectivity index (χ0v) is 19.1. The van der Waals surface area contributed by atoms with Gasteiger partial charge in [0.05, 0.1) is 23.1 Å². The number of benzene rings is 1. The molecule has 1 fully saturated rings. The highest BCUT2D eigenvalue weighted by Gasteiger charge is 2.55. The van der Waals surface area contributed by atoms with Crippen LogP contribution in [0.25, 0.3) is 0 Å². The molecule has 1 atom stereocenters. The molecule has 1 unspecified atom stereocenters. The van der Waals surface area contributed by atoms with Gasteiger partial charge in [-0.25, -0.2) is 12.8 Å². The van der Waals surface area contributed by atoms with Crippen molar-refractivity contribution in [2.75, 3.05) is 11.3 Å². The van der Waals surface area contributed by atoms with Crippen LogP contribution in [0, 0.1) is 12.7 Å². The quantitative estimate of drug-likeness (QED) is 0.512. The molecule has 0 aliphatic heterocycles. The normalized spacial score (nSPS) is 16.3. The average molecular weight is 503 g/mol. The molecule has 0 amide bonds. The molecule has 164 valence electrons. The third kappa shape index (κ3) is 4.46. The third-order valence-corrected chi connectivity index (χ3v) is 8.26. The number of nitrogens with one attached hydrogen (secondary N) is 1. The van der Waals surface area contributed by atoms with Gasteiger partial charge in [0.15, 0.2) is 0 Å². The third-order valence-electron chi connectivity index (χ3n) is 5.56. The zero-order valence-electron chi connectivity index (χ0n) is 16.7. The monoisotopic (exact) mass is 502 g/mol. The second kappa shape index (κ2) is 8.41. The van der Waals surface area contributed by atoms with Gasteiger partial charge in [0.1, 0.15) is 5.82 Å². The summed E-state index contributed by atoms with van der Waals surface area (Å²) >= 11 is 3.20. The van der Waals surface area contributed by atoms with Crippen molar-refractivity contribution in [2.24, 2.45) is 7.05 Å². The molecule has 0 bridgehead atoms. The van der Waals surface area contributed by atoms with Gasteiger partial charge in [0.2, 0.25) is 10.0 Å². The number of aliphatic hydroxyl groups is 2. The minimum absolute atomic E-state index is 0.0329. The van der Waals surface area contributed by atoms with Crippen LogP contribution in [-0.4, -0.2) is 40.7 Å². The standard InChI is InChI=1S/C20H24BrFN2O5S/c1-12-16(7-13-3-4-14(21)8-17(13)22)18(10-24(2)19(12)27)23-30(28,29)20(5-6-20)9-15(26)11-25/h3-4,8,10,15,23,25-26H,5-7,9,11H2,1-2H3. The summed E-state index contributed by atoms with van der Waals surface area (Å²) in [7, 11) is -2.41. The van der Waals surface area contributed by atoms with Crippen molar-refractivity contribution < 1.29 is 23.0 Å². The maximum absolute atomic E-state index is 14.4. The van der Waals surface area contributed by atoms with E-state index in [9.17, 15) is 22.7 Å². The molecule has 0 radical (unpaired) electrons. The topological polar surface area (TPSA) is 109 Å². The zero-order chi connectivity index (χ0) is 22.3. The van der Waals surface area contributed by atoms with E-state index < -0.39 is 33.3 Å². The van der Waals surface area contributed by atoms with Crippen molar-refractivity contribution >= 4 is 31.6 Å². The molecule has 3 N–H and O–H groups in total. The van der Waals surface area contributed by atoms with Gasteiger partial charge in [-0.3, -0.25) is 9.52 Å². The number of aliphatic hydroxyl groups excluding tert-OH is 2. The van der Waals surface area contributed by atoms with Crippen molar-refractivity contribution in [2.45, 2.75) is 43.5 Å². The summed E-state index contributed by atoms with van der Waals surface area (Å²) in [4.78, 5) is 12.5. The Morgan fingerprint density at radius 3 is 2.60 bits per heavy atom. The molecule has 1 aliphatic rings. The van der Waals surface area contributed by atoms with Crippen molar-refractivity contribution in [1.29, 1.82) is 0 Å². The van der Waals surface area contributed by atoms with E-state index in [4.69, 9.17) is 5.11 Å². The molecule has 1 aliphatic carbocycles. The number of hydrogen-bond donors (Lipinski definition) is 3. The van der Waals surface area contributed by atoms with Crippen LogP contribution >= 0.6 is 15.9 Å². The molecule has 1 saturated carbocycles. The van der Waals surface area contributed by atoms with Gasteiger partial charge in [0.25, 0.3) is 5.56 Å². The summed E-state index contributed by atoms with van der Waals surface area (Å²) in [6.45, 7) is 1.05. The van der Waals surface area contributed by atoms with E-state index in [1.807, 2.05) is 0 Å². The molecular weight excluding hydrogens is 479 g/mol. The summed E-state index contributed by atoms with van der Waals surface area (Å²) in [6, 6.07) is 4.56. The molecule has 1 aromatic carbocycles. The van der Waals surface area contributed by atoms with Gasteiger partial charge in [-0.2, -0.15) is 0 Å². The van der Waals surface area contributed by atoms with Crippen LogP contribution in [0.2, 0.25) is 0 Å².